The lowest BCUT2D eigenvalue weighted by Crippen LogP contribution is -2.15. The average Bonchev–Trinajstić information content (AvgIpc) is 2.53. The van der Waals surface area contributed by atoms with Crippen LogP contribution in [0.25, 0.3) is 0 Å². The summed E-state index contributed by atoms with van der Waals surface area (Å²) in [6, 6.07) is 2.41. The molecular formula is C12H19NO2S. The van der Waals surface area contributed by atoms with Gasteiger partial charge in [0, 0.05) is 11.0 Å². The molecule has 0 saturated heterocycles. The van der Waals surface area contributed by atoms with Crippen molar-refractivity contribution in [3.63, 3.8) is 0 Å². The van der Waals surface area contributed by atoms with Gasteiger partial charge in [0.15, 0.2) is 0 Å². The summed E-state index contributed by atoms with van der Waals surface area (Å²) in [5.74, 6) is 0.787. The Kier molecular flexibility index (Phi) is 6.32. The highest BCUT2D eigenvalue weighted by molar-refractivity contribution is 7.99. The summed E-state index contributed by atoms with van der Waals surface area (Å²) in [5.41, 5.74) is 0. The molecule has 1 rings (SSSR count). The number of carbonyl (C=O) groups excluding carboxylic acids is 1. The van der Waals surface area contributed by atoms with Crippen LogP contribution >= 0.6 is 11.8 Å². The summed E-state index contributed by atoms with van der Waals surface area (Å²) < 4.78 is 4.60. The van der Waals surface area contributed by atoms with Gasteiger partial charge >= 0.3 is 5.97 Å². The van der Waals surface area contributed by atoms with E-state index in [9.17, 15) is 4.79 Å². The number of nitriles is 1. The first-order valence-corrected chi connectivity index (χ1v) is 6.91. The normalized spacial score (nSPS) is 25.5. The summed E-state index contributed by atoms with van der Waals surface area (Å²) in [5, 5.41) is 9.50. The highest BCUT2D eigenvalue weighted by Gasteiger charge is 2.23. The Bertz CT molecular complexity index is 262. The third-order valence-electron chi connectivity index (χ3n) is 2.98. The van der Waals surface area contributed by atoms with Crippen molar-refractivity contribution in [1.82, 2.24) is 0 Å². The van der Waals surface area contributed by atoms with E-state index >= 15 is 0 Å². The van der Waals surface area contributed by atoms with Gasteiger partial charge in [0.25, 0.3) is 0 Å². The van der Waals surface area contributed by atoms with Gasteiger partial charge in [-0.2, -0.15) is 17.0 Å². The van der Waals surface area contributed by atoms with Crippen LogP contribution in [-0.4, -0.2) is 24.1 Å². The van der Waals surface area contributed by atoms with E-state index in [2.05, 4.69) is 10.8 Å². The van der Waals surface area contributed by atoms with Gasteiger partial charge in [-0.25, -0.2) is 0 Å². The lowest BCUT2D eigenvalue weighted by molar-refractivity contribution is -0.140. The van der Waals surface area contributed by atoms with Crippen molar-refractivity contribution in [2.45, 2.75) is 43.8 Å². The first-order valence-electron chi connectivity index (χ1n) is 5.86. The number of hydrogen-bond donors (Lipinski definition) is 0. The first-order chi connectivity index (χ1) is 7.77. The number of rotatable bonds is 4. The molecule has 1 aliphatic rings. The van der Waals surface area contributed by atoms with Gasteiger partial charge in [0.2, 0.25) is 0 Å². The van der Waals surface area contributed by atoms with E-state index in [-0.39, 0.29) is 11.9 Å². The minimum atomic E-state index is -0.158. The van der Waals surface area contributed by atoms with Gasteiger partial charge in [-0.3, -0.25) is 4.79 Å². The van der Waals surface area contributed by atoms with Crippen LogP contribution < -0.4 is 0 Å². The molecule has 0 aliphatic heterocycles. The zero-order valence-corrected chi connectivity index (χ0v) is 10.6. The molecule has 0 amide bonds. The number of thioether (sulfide) groups is 1. The van der Waals surface area contributed by atoms with Crippen LogP contribution in [0.5, 0.6) is 0 Å². The molecule has 1 saturated carbocycles. The Morgan fingerprint density at radius 1 is 1.44 bits per heavy atom. The maximum Gasteiger partial charge on any atom is 0.306 e. The summed E-state index contributed by atoms with van der Waals surface area (Å²) >= 11 is 1.76. The van der Waals surface area contributed by atoms with E-state index in [0.717, 1.165) is 18.6 Å². The molecule has 1 fully saturated rings. The molecule has 0 bridgehead atoms. The molecule has 90 valence electrons. The van der Waals surface area contributed by atoms with Crippen molar-refractivity contribution in [1.29, 1.82) is 5.26 Å². The number of nitrogens with zero attached hydrogens (tertiary/aromatic N) is 1. The second kappa shape index (κ2) is 7.56. The molecule has 0 heterocycles. The van der Waals surface area contributed by atoms with E-state index < -0.39 is 0 Å². The van der Waals surface area contributed by atoms with Gasteiger partial charge < -0.3 is 4.74 Å². The minimum Gasteiger partial charge on any atom is -0.469 e. The van der Waals surface area contributed by atoms with Crippen LogP contribution in [0.1, 0.15) is 38.5 Å². The third kappa shape index (κ3) is 4.44. The van der Waals surface area contributed by atoms with E-state index in [0.29, 0.717) is 11.7 Å². The van der Waals surface area contributed by atoms with E-state index in [1.807, 2.05) is 0 Å². The molecule has 0 aromatic rings. The van der Waals surface area contributed by atoms with Gasteiger partial charge in [-0.1, -0.05) is 19.3 Å². The average molecular weight is 241 g/mol. The molecule has 0 aromatic carbocycles. The smallest absolute Gasteiger partial charge is 0.306 e. The second-order valence-electron chi connectivity index (χ2n) is 4.11. The van der Waals surface area contributed by atoms with Crippen LogP contribution in [0.2, 0.25) is 0 Å². The van der Waals surface area contributed by atoms with Crippen molar-refractivity contribution in [3.05, 3.63) is 0 Å². The highest BCUT2D eigenvalue weighted by Crippen LogP contribution is 2.32. The minimum absolute atomic E-state index is 0.158. The molecule has 0 radical (unpaired) electrons. The van der Waals surface area contributed by atoms with Crippen molar-refractivity contribution in [3.8, 4) is 6.07 Å². The largest absolute Gasteiger partial charge is 0.469 e. The molecule has 0 aromatic heterocycles. The lowest BCUT2D eigenvalue weighted by Gasteiger charge is -2.18. The molecule has 3 nitrogen and oxygen atoms in total. The fourth-order valence-corrected chi connectivity index (χ4v) is 3.37. The summed E-state index contributed by atoms with van der Waals surface area (Å²) in [7, 11) is 1.41. The fraction of sp³-hybridized carbons (Fsp3) is 0.833. The Labute approximate surface area is 102 Å². The third-order valence-corrected chi connectivity index (χ3v) is 4.42. The summed E-state index contributed by atoms with van der Waals surface area (Å²) in [4.78, 5) is 11.0. The Balaban J connectivity index is 2.32. The molecule has 16 heavy (non-hydrogen) atoms. The molecular weight excluding hydrogens is 222 g/mol. The van der Waals surface area contributed by atoms with E-state index in [4.69, 9.17) is 5.26 Å². The Hall–Kier alpha value is -0.690. The maximum atomic E-state index is 11.0. The second-order valence-corrected chi connectivity index (χ2v) is 5.46. The predicted octanol–water partition coefficient (Wildman–Crippen LogP) is 2.76. The molecule has 1 aliphatic carbocycles. The van der Waals surface area contributed by atoms with Crippen LogP contribution in [-0.2, 0) is 9.53 Å². The zero-order valence-electron chi connectivity index (χ0n) is 9.78. The maximum absolute atomic E-state index is 11.0. The molecule has 0 spiro atoms. The number of hydrogen-bond acceptors (Lipinski definition) is 4. The summed E-state index contributed by atoms with van der Waals surface area (Å²) in [6.45, 7) is 0. The number of ether oxygens (including phenoxy) is 1. The van der Waals surface area contributed by atoms with Crippen LogP contribution in [0, 0.1) is 17.2 Å². The quantitative estimate of drug-likeness (QED) is 0.561. The van der Waals surface area contributed by atoms with Gasteiger partial charge in [-0.05, 0) is 12.8 Å². The molecule has 0 N–H and O–H groups in total. The standard InChI is InChI=1S/C12H19NO2S/c1-15-12(14)7-8-16-11-6-4-2-3-5-10(11)9-13/h10-11H,2-8H2,1H3. The van der Waals surface area contributed by atoms with Crippen LogP contribution in [0.15, 0.2) is 0 Å². The number of carbonyl (C=O) groups is 1. The SMILES string of the molecule is COC(=O)CCSC1CCCCCC1C#N. The Morgan fingerprint density at radius 2 is 2.19 bits per heavy atom. The molecule has 4 heteroatoms. The zero-order chi connectivity index (χ0) is 11.8. The van der Waals surface area contributed by atoms with Crippen molar-refractivity contribution >= 4 is 17.7 Å². The van der Waals surface area contributed by atoms with Gasteiger partial charge in [0.05, 0.1) is 25.5 Å². The van der Waals surface area contributed by atoms with Crippen molar-refractivity contribution < 1.29 is 9.53 Å². The number of esters is 1. The van der Waals surface area contributed by atoms with Gasteiger partial charge in [0.1, 0.15) is 0 Å². The van der Waals surface area contributed by atoms with E-state index in [1.165, 1.54) is 26.4 Å². The monoisotopic (exact) mass is 241 g/mol. The fourth-order valence-electron chi connectivity index (χ4n) is 2.02. The molecule has 2 atom stereocenters. The van der Waals surface area contributed by atoms with Crippen molar-refractivity contribution in [2.24, 2.45) is 5.92 Å². The number of methoxy groups -OCH3 is 1. The summed E-state index contributed by atoms with van der Waals surface area (Å²) in [6.07, 6.45) is 6.22. The first kappa shape index (κ1) is 13.4. The molecule has 2 unspecified atom stereocenters. The van der Waals surface area contributed by atoms with Crippen LogP contribution in [0.3, 0.4) is 0 Å². The van der Waals surface area contributed by atoms with E-state index in [1.54, 1.807) is 11.8 Å². The lowest BCUT2D eigenvalue weighted by atomic mass is 10.0. The van der Waals surface area contributed by atoms with Crippen molar-refractivity contribution in [2.75, 3.05) is 12.9 Å². The highest BCUT2D eigenvalue weighted by atomic mass is 32.2. The van der Waals surface area contributed by atoms with Gasteiger partial charge in [-0.15, -0.1) is 0 Å². The Morgan fingerprint density at radius 3 is 2.88 bits per heavy atom. The topological polar surface area (TPSA) is 50.1 Å². The predicted molar refractivity (Wildman–Crippen MR) is 65.1 cm³/mol. The van der Waals surface area contributed by atoms with Crippen LogP contribution in [0.4, 0.5) is 0 Å².